The van der Waals surface area contributed by atoms with E-state index in [0.717, 1.165) is 12.1 Å². The molecule has 4 nitrogen and oxygen atoms in total. The first-order chi connectivity index (χ1) is 8.77. The van der Waals surface area contributed by atoms with Crippen LogP contribution in [0.25, 0.3) is 0 Å². The van der Waals surface area contributed by atoms with Crippen LogP contribution in [-0.2, 0) is 0 Å². The van der Waals surface area contributed by atoms with E-state index in [4.69, 9.17) is 4.74 Å². The SMILES string of the molecule is COc1cc(C(C)NCC(C)(C)N(C)C)ccc1O. The summed E-state index contributed by atoms with van der Waals surface area (Å²) in [6.45, 7) is 7.39. The molecule has 0 aliphatic rings. The average Bonchev–Trinajstić information content (AvgIpc) is 2.36. The Bertz CT molecular complexity index is 417. The van der Waals surface area contributed by atoms with E-state index in [1.165, 1.54) is 0 Å². The first-order valence-electron chi connectivity index (χ1n) is 6.55. The van der Waals surface area contributed by atoms with Crippen LogP contribution >= 0.6 is 0 Å². The minimum Gasteiger partial charge on any atom is -0.504 e. The molecule has 4 heteroatoms. The van der Waals surface area contributed by atoms with E-state index in [1.54, 1.807) is 13.2 Å². The molecule has 0 aromatic heterocycles. The zero-order valence-corrected chi connectivity index (χ0v) is 12.8. The fourth-order valence-corrected chi connectivity index (χ4v) is 1.64. The van der Waals surface area contributed by atoms with Gasteiger partial charge in [-0.1, -0.05) is 6.07 Å². The molecule has 1 rings (SSSR count). The Morgan fingerprint density at radius 1 is 1.37 bits per heavy atom. The monoisotopic (exact) mass is 266 g/mol. The van der Waals surface area contributed by atoms with Crippen molar-refractivity contribution in [1.82, 2.24) is 10.2 Å². The molecular formula is C15H26N2O2. The maximum absolute atomic E-state index is 9.60. The van der Waals surface area contributed by atoms with Crippen molar-refractivity contribution in [2.24, 2.45) is 0 Å². The summed E-state index contributed by atoms with van der Waals surface area (Å²) in [6, 6.07) is 5.66. The normalized spacial score (nSPS) is 13.6. The number of methoxy groups -OCH3 is 1. The number of hydrogen-bond acceptors (Lipinski definition) is 4. The van der Waals surface area contributed by atoms with Crippen molar-refractivity contribution in [1.29, 1.82) is 0 Å². The van der Waals surface area contributed by atoms with E-state index >= 15 is 0 Å². The number of rotatable bonds is 6. The van der Waals surface area contributed by atoms with Crippen molar-refractivity contribution in [3.8, 4) is 11.5 Å². The number of likely N-dealkylation sites (N-methyl/N-ethyl adjacent to an activating group) is 1. The van der Waals surface area contributed by atoms with Crippen molar-refractivity contribution in [3.63, 3.8) is 0 Å². The third-order valence-electron chi connectivity index (χ3n) is 3.76. The lowest BCUT2D eigenvalue weighted by atomic mass is 10.0. The molecule has 19 heavy (non-hydrogen) atoms. The van der Waals surface area contributed by atoms with Gasteiger partial charge < -0.3 is 20.1 Å². The number of phenolic OH excluding ortho intramolecular Hbond substituents is 1. The zero-order chi connectivity index (χ0) is 14.6. The van der Waals surface area contributed by atoms with Crippen molar-refractivity contribution in [2.75, 3.05) is 27.7 Å². The van der Waals surface area contributed by atoms with Crippen molar-refractivity contribution in [3.05, 3.63) is 23.8 Å². The molecule has 1 unspecified atom stereocenters. The number of aromatic hydroxyl groups is 1. The van der Waals surface area contributed by atoms with Crippen LogP contribution in [0, 0.1) is 0 Å². The Morgan fingerprint density at radius 3 is 2.53 bits per heavy atom. The smallest absolute Gasteiger partial charge is 0.160 e. The van der Waals surface area contributed by atoms with Gasteiger partial charge in [-0.25, -0.2) is 0 Å². The number of nitrogens with one attached hydrogen (secondary N) is 1. The number of benzene rings is 1. The second kappa shape index (κ2) is 6.26. The average molecular weight is 266 g/mol. The third kappa shape index (κ3) is 4.11. The van der Waals surface area contributed by atoms with Crippen LogP contribution in [-0.4, -0.2) is 43.3 Å². The lowest BCUT2D eigenvalue weighted by molar-refractivity contribution is 0.185. The molecule has 0 amide bonds. The lowest BCUT2D eigenvalue weighted by Gasteiger charge is -2.34. The molecule has 0 bridgehead atoms. The Labute approximate surface area is 116 Å². The molecule has 1 aromatic carbocycles. The van der Waals surface area contributed by atoms with E-state index in [2.05, 4.69) is 45.1 Å². The molecule has 0 heterocycles. The second-order valence-corrected chi connectivity index (χ2v) is 5.74. The molecule has 0 aliphatic carbocycles. The summed E-state index contributed by atoms with van der Waals surface area (Å²) < 4.78 is 5.13. The predicted octanol–water partition coefficient (Wildman–Crippen LogP) is 2.39. The molecule has 0 aliphatic heterocycles. The Kier molecular flexibility index (Phi) is 5.20. The molecule has 0 radical (unpaired) electrons. The molecule has 0 saturated heterocycles. The largest absolute Gasteiger partial charge is 0.504 e. The van der Waals surface area contributed by atoms with Crippen LogP contribution < -0.4 is 10.1 Å². The van der Waals surface area contributed by atoms with Crippen LogP contribution in [0.1, 0.15) is 32.4 Å². The van der Waals surface area contributed by atoms with Gasteiger partial charge in [-0.15, -0.1) is 0 Å². The van der Waals surface area contributed by atoms with Crippen LogP contribution in [0.5, 0.6) is 11.5 Å². The highest BCUT2D eigenvalue weighted by Gasteiger charge is 2.21. The van der Waals surface area contributed by atoms with Crippen molar-refractivity contribution >= 4 is 0 Å². The van der Waals surface area contributed by atoms with Crippen LogP contribution in [0.2, 0.25) is 0 Å². The molecule has 1 atom stereocenters. The standard InChI is InChI=1S/C15H26N2O2/c1-11(16-10-15(2,3)17(4)5)12-7-8-13(18)14(9-12)19-6/h7-9,11,16,18H,10H2,1-6H3. The summed E-state index contributed by atoms with van der Waals surface area (Å²) in [5, 5.41) is 13.1. The minimum absolute atomic E-state index is 0.0925. The minimum atomic E-state index is 0.0925. The Balaban J connectivity index is 2.71. The van der Waals surface area contributed by atoms with Crippen molar-refractivity contribution < 1.29 is 9.84 Å². The van der Waals surface area contributed by atoms with E-state index in [-0.39, 0.29) is 17.3 Å². The van der Waals surface area contributed by atoms with Crippen molar-refractivity contribution in [2.45, 2.75) is 32.4 Å². The highest BCUT2D eigenvalue weighted by molar-refractivity contribution is 5.42. The van der Waals surface area contributed by atoms with Gasteiger partial charge in [-0.2, -0.15) is 0 Å². The quantitative estimate of drug-likeness (QED) is 0.830. The van der Waals surface area contributed by atoms with E-state index in [1.807, 2.05) is 12.1 Å². The van der Waals surface area contributed by atoms with Gasteiger partial charge in [0.25, 0.3) is 0 Å². The molecule has 0 spiro atoms. The maximum Gasteiger partial charge on any atom is 0.160 e. The van der Waals surface area contributed by atoms with Gasteiger partial charge in [-0.3, -0.25) is 0 Å². The highest BCUT2D eigenvalue weighted by atomic mass is 16.5. The van der Waals surface area contributed by atoms with Gasteiger partial charge in [0, 0.05) is 18.1 Å². The first kappa shape index (κ1) is 15.8. The van der Waals surface area contributed by atoms with Gasteiger partial charge in [0.2, 0.25) is 0 Å². The fraction of sp³-hybridized carbons (Fsp3) is 0.600. The number of phenols is 1. The van der Waals surface area contributed by atoms with Crippen LogP contribution in [0.4, 0.5) is 0 Å². The van der Waals surface area contributed by atoms with Crippen LogP contribution in [0.15, 0.2) is 18.2 Å². The highest BCUT2D eigenvalue weighted by Crippen LogP contribution is 2.28. The summed E-state index contributed by atoms with van der Waals surface area (Å²) in [7, 11) is 5.72. The van der Waals surface area contributed by atoms with Gasteiger partial charge in [0.05, 0.1) is 7.11 Å². The molecule has 108 valence electrons. The Hall–Kier alpha value is -1.26. The summed E-state index contributed by atoms with van der Waals surface area (Å²) >= 11 is 0. The van der Waals surface area contributed by atoms with Gasteiger partial charge in [0.15, 0.2) is 11.5 Å². The van der Waals surface area contributed by atoms with Crippen LogP contribution in [0.3, 0.4) is 0 Å². The zero-order valence-electron chi connectivity index (χ0n) is 12.8. The summed E-state index contributed by atoms with van der Waals surface area (Å²) in [5.74, 6) is 0.685. The van der Waals surface area contributed by atoms with E-state index in [0.29, 0.717) is 5.75 Å². The molecule has 0 fully saturated rings. The second-order valence-electron chi connectivity index (χ2n) is 5.74. The predicted molar refractivity (Wildman–Crippen MR) is 78.8 cm³/mol. The Morgan fingerprint density at radius 2 is 2.00 bits per heavy atom. The molecule has 0 saturated carbocycles. The third-order valence-corrected chi connectivity index (χ3v) is 3.76. The van der Waals surface area contributed by atoms with Gasteiger partial charge >= 0.3 is 0 Å². The maximum atomic E-state index is 9.60. The molecule has 1 aromatic rings. The summed E-state index contributed by atoms with van der Waals surface area (Å²) in [4.78, 5) is 2.20. The van der Waals surface area contributed by atoms with Gasteiger partial charge in [-0.05, 0) is 52.6 Å². The van der Waals surface area contributed by atoms with E-state index < -0.39 is 0 Å². The fourth-order valence-electron chi connectivity index (χ4n) is 1.64. The lowest BCUT2D eigenvalue weighted by Crippen LogP contribution is -2.47. The molecular weight excluding hydrogens is 240 g/mol. The first-order valence-corrected chi connectivity index (χ1v) is 6.55. The van der Waals surface area contributed by atoms with Gasteiger partial charge in [0.1, 0.15) is 0 Å². The number of hydrogen-bond donors (Lipinski definition) is 2. The topological polar surface area (TPSA) is 44.7 Å². The molecule has 2 N–H and O–H groups in total. The summed E-state index contributed by atoms with van der Waals surface area (Å²) in [5.41, 5.74) is 1.19. The van der Waals surface area contributed by atoms with E-state index in [9.17, 15) is 5.11 Å². The number of ether oxygens (including phenoxy) is 1. The number of nitrogens with zero attached hydrogens (tertiary/aromatic N) is 1. The summed E-state index contributed by atoms with van der Waals surface area (Å²) in [6.07, 6.45) is 0.